The van der Waals surface area contributed by atoms with Gasteiger partial charge in [-0.3, -0.25) is 14.4 Å². The van der Waals surface area contributed by atoms with Crippen LogP contribution in [-0.4, -0.2) is 56.0 Å². The second-order valence-electron chi connectivity index (χ2n) is 11.5. The molecule has 0 heterocycles. The van der Waals surface area contributed by atoms with Crippen molar-refractivity contribution in [3.05, 3.63) is 5.21 Å². The quantitative estimate of drug-likeness (QED) is 0.0637. The minimum atomic E-state index is -0.218. The molecule has 0 rings (SSSR count). The minimum absolute atomic E-state index is 0.0610. The number of quaternary nitrogens is 1. The van der Waals surface area contributed by atoms with Crippen LogP contribution >= 0.6 is 0 Å². The van der Waals surface area contributed by atoms with E-state index in [0.717, 1.165) is 51.4 Å². The van der Waals surface area contributed by atoms with Gasteiger partial charge in [0.05, 0.1) is 20.6 Å². The van der Waals surface area contributed by atoms with E-state index in [9.17, 15) is 19.6 Å². The van der Waals surface area contributed by atoms with Crippen molar-refractivity contribution in [2.75, 3.05) is 33.7 Å². The van der Waals surface area contributed by atoms with E-state index in [1.165, 1.54) is 57.8 Å². The Balaban J connectivity index is 3.44. The lowest BCUT2D eigenvalue weighted by molar-refractivity contribution is -0.840. The molecule has 0 spiro atoms. The molecule has 0 aliphatic heterocycles. The number of hydroxylamine groups is 3. The summed E-state index contributed by atoms with van der Waals surface area (Å²) < 4.78 is -0.218. The molecule has 0 fully saturated rings. The lowest BCUT2D eigenvalue weighted by atomic mass is 10.1. The van der Waals surface area contributed by atoms with Crippen LogP contribution in [0, 0.1) is 5.21 Å². The van der Waals surface area contributed by atoms with E-state index in [1.54, 1.807) is 14.1 Å². The summed E-state index contributed by atoms with van der Waals surface area (Å²) >= 11 is 0. The van der Waals surface area contributed by atoms with Gasteiger partial charge in [-0.25, -0.2) is 0 Å². The molecule has 7 nitrogen and oxygen atoms in total. The molecule has 0 aliphatic rings. The third-order valence-corrected chi connectivity index (χ3v) is 7.04. The van der Waals surface area contributed by atoms with Gasteiger partial charge in [0.25, 0.3) is 0 Å². The molecule has 0 aromatic heterocycles. The van der Waals surface area contributed by atoms with Crippen molar-refractivity contribution in [3.8, 4) is 0 Å². The Morgan fingerprint density at radius 2 is 0.974 bits per heavy atom. The summed E-state index contributed by atoms with van der Waals surface area (Å²) in [5.41, 5.74) is 0. The Bertz CT molecular complexity index is 590. The first-order valence-corrected chi connectivity index (χ1v) is 15.8. The van der Waals surface area contributed by atoms with Gasteiger partial charge in [0.2, 0.25) is 11.8 Å². The molecule has 0 saturated heterocycles. The van der Waals surface area contributed by atoms with Crippen molar-refractivity contribution in [2.24, 2.45) is 0 Å². The number of hydrogen-bond acceptors (Lipinski definition) is 4. The van der Waals surface area contributed by atoms with E-state index in [4.69, 9.17) is 0 Å². The fourth-order valence-electron chi connectivity index (χ4n) is 4.57. The highest BCUT2D eigenvalue weighted by Gasteiger charge is 2.08. The van der Waals surface area contributed by atoms with Crippen molar-refractivity contribution < 1.29 is 19.0 Å². The zero-order valence-electron chi connectivity index (χ0n) is 25.3. The van der Waals surface area contributed by atoms with Crippen LogP contribution < -0.4 is 10.6 Å². The van der Waals surface area contributed by atoms with Crippen molar-refractivity contribution in [2.45, 2.75) is 148 Å². The van der Waals surface area contributed by atoms with E-state index in [2.05, 4.69) is 17.6 Å². The average molecular weight is 540 g/mol. The van der Waals surface area contributed by atoms with Crippen LogP contribution in [0.15, 0.2) is 0 Å². The van der Waals surface area contributed by atoms with E-state index < -0.39 is 0 Å². The molecule has 0 saturated carbocycles. The van der Waals surface area contributed by atoms with Gasteiger partial charge >= 0.3 is 0 Å². The van der Waals surface area contributed by atoms with Crippen LogP contribution in [0.1, 0.15) is 148 Å². The summed E-state index contributed by atoms with van der Waals surface area (Å²) in [5.74, 6) is 0.104. The molecule has 7 heteroatoms. The van der Waals surface area contributed by atoms with E-state index in [1.807, 2.05) is 0 Å². The second-order valence-corrected chi connectivity index (χ2v) is 11.5. The normalized spacial score (nSPS) is 11.5. The number of carbonyl (C=O) groups excluding carboxylic acids is 3. The van der Waals surface area contributed by atoms with Crippen molar-refractivity contribution in [3.63, 3.8) is 0 Å². The Labute approximate surface area is 234 Å². The minimum Gasteiger partial charge on any atom is -0.633 e. The molecular weight excluding hydrogens is 478 g/mol. The van der Waals surface area contributed by atoms with E-state index >= 15 is 0 Å². The Morgan fingerprint density at radius 3 is 1.53 bits per heavy atom. The number of rotatable bonds is 28. The molecule has 0 aliphatic carbocycles. The summed E-state index contributed by atoms with van der Waals surface area (Å²) in [6.45, 7) is 4.11. The van der Waals surface area contributed by atoms with Crippen LogP contribution in [0.25, 0.3) is 0 Å². The Morgan fingerprint density at radius 1 is 0.526 bits per heavy atom. The van der Waals surface area contributed by atoms with Gasteiger partial charge in [0.1, 0.15) is 5.78 Å². The molecule has 0 radical (unpaired) electrons. The number of nitrogens with zero attached hydrogens (tertiary/aromatic N) is 1. The van der Waals surface area contributed by atoms with Gasteiger partial charge in [-0.05, 0) is 32.1 Å². The van der Waals surface area contributed by atoms with E-state index in [0.29, 0.717) is 38.9 Å². The zero-order valence-corrected chi connectivity index (χ0v) is 25.3. The van der Waals surface area contributed by atoms with Gasteiger partial charge in [-0.2, -0.15) is 0 Å². The first-order valence-electron chi connectivity index (χ1n) is 15.8. The molecule has 0 atom stereocenters. The van der Waals surface area contributed by atoms with Crippen LogP contribution in [0.4, 0.5) is 0 Å². The SMILES string of the molecule is CCCCCCCCCCCCCC(=O)NCCCC(=O)CCC(=O)NCCCCCCCC[N+](C)(C)[O-]. The first-order chi connectivity index (χ1) is 18.2. The number of amides is 2. The van der Waals surface area contributed by atoms with E-state index in [-0.39, 0.29) is 35.1 Å². The topological polar surface area (TPSA) is 98.3 Å². The number of ketones is 1. The lowest BCUT2D eigenvalue weighted by Gasteiger charge is -2.33. The van der Waals surface area contributed by atoms with Crippen LogP contribution in [0.2, 0.25) is 0 Å². The Hall–Kier alpha value is -1.47. The molecular formula is C31H61N3O4. The number of hydrogen-bond donors (Lipinski definition) is 2. The first kappa shape index (κ1) is 36.5. The second kappa shape index (κ2) is 25.8. The predicted molar refractivity (Wildman–Crippen MR) is 159 cm³/mol. The molecule has 38 heavy (non-hydrogen) atoms. The van der Waals surface area contributed by atoms with Gasteiger partial charge in [-0.1, -0.05) is 90.4 Å². The van der Waals surface area contributed by atoms with Gasteiger partial charge in [0.15, 0.2) is 0 Å². The highest BCUT2D eigenvalue weighted by molar-refractivity contribution is 5.84. The molecule has 0 aromatic rings. The molecule has 224 valence electrons. The molecule has 2 amide bonds. The van der Waals surface area contributed by atoms with Crippen LogP contribution in [-0.2, 0) is 14.4 Å². The lowest BCUT2D eigenvalue weighted by Crippen LogP contribution is -2.32. The van der Waals surface area contributed by atoms with Crippen molar-refractivity contribution in [1.29, 1.82) is 0 Å². The highest BCUT2D eigenvalue weighted by Crippen LogP contribution is 2.12. The third-order valence-electron chi connectivity index (χ3n) is 7.04. The van der Waals surface area contributed by atoms with Gasteiger partial charge in [-0.15, -0.1) is 0 Å². The number of nitrogens with one attached hydrogen (secondary N) is 2. The third kappa shape index (κ3) is 29.1. The maximum atomic E-state index is 12.0. The van der Waals surface area contributed by atoms with Crippen LogP contribution in [0.5, 0.6) is 0 Å². The van der Waals surface area contributed by atoms with Crippen LogP contribution in [0.3, 0.4) is 0 Å². The maximum Gasteiger partial charge on any atom is 0.220 e. The summed E-state index contributed by atoms with van der Waals surface area (Å²) in [4.78, 5) is 35.9. The smallest absolute Gasteiger partial charge is 0.220 e. The monoisotopic (exact) mass is 539 g/mol. The average Bonchev–Trinajstić information content (AvgIpc) is 2.87. The number of carbonyl (C=O) groups is 3. The largest absolute Gasteiger partial charge is 0.633 e. The van der Waals surface area contributed by atoms with Crippen molar-refractivity contribution in [1.82, 2.24) is 10.6 Å². The fourth-order valence-corrected chi connectivity index (χ4v) is 4.57. The molecule has 0 unspecified atom stereocenters. The number of Topliss-reactive ketones (excluding diaryl/α,β-unsaturated/α-hetero) is 1. The summed E-state index contributed by atoms with van der Waals surface area (Å²) in [6.07, 6.45) is 22.5. The maximum absolute atomic E-state index is 12.0. The predicted octanol–water partition coefficient (Wildman–Crippen LogP) is 6.96. The summed E-state index contributed by atoms with van der Waals surface area (Å²) in [5, 5.41) is 17.3. The zero-order chi connectivity index (χ0) is 28.3. The van der Waals surface area contributed by atoms with Gasteiger partial charge in [0, 0.05) is 38.8 Å². The molecule has 2 N–H and O–H groups in total. The standard InChI is InChI=1S/C31H61N3O4/c1-4-5-6-7-8-9-10-11-12-15-18-23-30(36)33-27-21-22-29(35)24-25-31(37)32-26-19-16-13-14-17-20-28-34(2,3)38/h4-28H2,1-3H3,(H,32,37)(H,33,36). The molecule has 0 bridgehead atoms. The summed E-state index contributed by atoms with van der Waals surface area (Å²) in [6, 6.07) is 0. The Kier molecular flexibility index (Phi) is 24.8. The highest BCUT2D eigenvalue weighted by atomic mass is 16.5. The summed E-state index contributed by atoms with van der Waals surface area (Å²) in [7, 11) is 3.36. The van der Waals surface area contributed by atoms with Gasteiger partial charge < -0.3 is 20.5 Å². The fraction of sp³-hybridized carbons (Fsp3) is 0.903. The number of unbranched alkanes of at least 4 members (excludes halogenated alkanes) is 15. The van der Waals surface area contributed by atoms with Crippen molar-refractivity contribution >= 4 is 17.6 Å². The molecule has 0 aromatic carbocycles.